The van der Waals surface area contributed by atoms with Gasteiger partial charge in [0.1, 0.15) is 0 Å². The van der Waals surface area contributed by atoms with Gasteiger partial charge in [-0.3, -0.25) is 4.79 Å². The Kier molecular flexibility index (Phi) is 3.70. The molecule has 4 heteroatoms. The van der Waals surface area contributed by atoms with Gasteiger partial charge in [-0.05, 0) is 50.5 Å². The summed E-state index contributed by atoms with van der Waals surface area (Å²) in [5, 5.41) is 0.693. The second-order valence-corrected chi connectivity index (χ2v) is 6.01. The second-order valence-electron chi connectivity index (χ2n) is 5.57. The number of halogens is 1. The van der Waals surface area contributed by atoms with Crippen LogP contribution in [0.3, 0.4) is 0 Å². The Morgan fingerprint density at radius 2 is 1.95 bits per heavy atom. The van der Waals surface area contributed by atoms with Gasteiger partial charge in [-0.2, -0.15) is 0 Å². The number of likely N-dealkylation sites (tertiary alicyclic amines) is 1. The van der Waals surface area contributed by atoms with Crippen molar-refractivity contribution in [2.75, 3.05) is 18.0 Å². The van der Waals surface area contributed by atoms with Crippen molar-refractivity contribution < 1.29 is 4.79 Å². The molecular formula is C16H19ClN2O. The fraction of sp³-hybridized carbons (Fsp3) is 0.438. The second kappa shape index (κ2) is 5.49. The van der Waals surface area contributed by atoms with Crippen LogP contribution in [0, 0.1) is 0 Å². The highest BCUT2D eigenvalue weighted by atomic mass is 35.5. The predicted octanol–water partition coefficient (Wildman–Crippen LogP) is 3.44. The maximum atomic E-state index is 12.2. The number of amides is 1. The average Bonchev–Trinajstić information content (AvgIpc) is 2.82. The number of piperidine rings is 1. The van der Waals surface area contributed by atoms with Crippen LogP contribution < -0.4 is 4.90 Å². The highest BCUT2D eigenvalue weighted by Gasteiger charge is 2.29. The van der Waals surface area contributed by atoms with Crippen molar-refractivity contribution in [1.82, 2.24) is 4.90 Å². The third-order valence-corrected chi connectivity index (χ3v) is 4.44. The molecule has 2 aliphatic heterocycles. The molecule has 20 heavy (non-hydrogen) atoms. The molecule has 0 aliphatic carbocycles. The summed E-state index contributed by atoms with van der Waals surface area (Å²) in [6.07, 6.45) is 5.51. The van der Waals surface area contributed by atoms with Gasteiger partial charge in [-0.1, -0.05) is 11.6 Å². The van der Waals surface area contributed by atoms with E-state index in [9.17, 15) is 4.79 Å². The van der Waals surface area contributed by atoms with Crippen LogP contribution >= 0.6 is 11.6 Å². The van der Waals surface area contributed by atoms with E-state index in [0.717, 1.165) is 17.9 Å². The Labute approximate surface area is 124 Å². The lowest BCUT2D eigenvalue weighted by Crippen LogP contribution is -2.38. The normalized spacial score (nSPS) is 23.2. The molecule has 1 amide bonds. The lowest BCUT2D eigenvalue weighted by Gasteiger charge is -2.36. The van der Waals surface area contributed by atoms with E-state index in [1.807, 2.05) is 29.2 Å². The van der Waals surface area contributed by atoms with Crippen molar-refractivity contribution in [2.45, 2.75) is 32.2 Å². The zero-order chi connectivity index (χ0) is 14.1. The van der Waals surface area contributed by atoms with Gasteiger partial charge in [0.15, 0.2) is 0 Å². The van der Waals surface area contributed by atoms with Gasteiger partial charge in [0.2, 0.25) is 0 Å². The number of nitrogens with zero attached hydrogens (tertiary/aromatic N) is 2. The molecule has 0 saturated carbocycles. The van der Waals surface area contributed by atoms with Gasteiger partial charge >= 0.3 is 0 Å². The van der Waals surface area contributed by atoms with E-state index in [4.69, 9.17) is 11.6 Å². The fourth-order valence-corrected chi connectivity index (χ4v) is 3.17. The monoisotopic (exact) mass is 290 g/mol. The van der Waals surface area contributed by atoms with Gasteiger partial charge in [-0.15, -0.1) is 0 Å². The number of hydrogen-bond acceptors (Lipinski definition) is 2. The molecule has 3 rings (SSSR count). The number of carbonyl (C=O) groups is 1. The number of carbonyl (C=O) groups excluding carboxylic acids is 1. The number of anilines is 1. The van der Waals surface area contributed by atoms with E-state index in [-0.39, 0.29) is 5.91 Å². The molecule has 0 spiro atoms. The molecule has 1 fully saturated rings. The third-order valence-electron chi connectivity index (χ3n) is 4.19. The Morgan fingerprint density at radius 1 is 1.20 bits per heavy atom. The van der Waals surface area contributed by atoms with E-state index in [1.54, 1.807) is 6.08 Å². The minimum Gasteiger partial charge on any atom is -0.370 e. The molecule has 106 valence electrons. The van der Waals surface area contributed by atoms with Crippen LogP contribution in [0.4, 0.5) is 5.69 Å². The number of benzene rings is 1. The minimum atomic E-state index is 0.0695. The lowest BCUT2D eigenvalue weighted by molar-refractivity contribution is -0.113. The van der Waals surface area contributed by atoms with E-state index in [1.165, 1.54) is 19.3 Å². The highest BCUT2D eigenvalue weighted by molar-refractivity contribution is 6.30. The molecule has 1 aromatic rings. The zero-order valence-corrected chi connectivity index (χ0v) is 12.4. The quantitative estimate of drug-likeness (QED) is 0.833. The van der Waals surface area contributed by atoms with Crippen LogP contribution in [0.15, 0.2) is 36.0 Å². The molecule has 0 aromatic heterocycles. The smallest absolute Gasteiger partial charge is 0.253 e. The molecule has 1 atom stereocenters. The summed E-state index contributed by atoms with van der Waals surface area (Å²) in [7, 11) is 0. The van der Waals surface area contributed by atoms with Crippen molar-refractivity contribution in [2.24, 2.45) is 0 Å². The highest BCUT2D eigenvalue weighted by Crippen LogP contribution is 2.28. The summed E-state index contributed by atoms with van der Waals surface area (Å²) in [6, 6.07) is 7.98. The standard InChI is InChI=1S/C16H19ClN2O/c1-12-4-2-3-9-18(12)15-10-16(20)19(11-15)14-7-5-13(17)6-8-14/h5-8,10,12H,2-4,9,11H2,1H3. The Balaban J connectivity index is 1.76. The molecule has 0 N–H and O–H groups in total. The lowest BCUT2D eigenvalue weighted by atomic mass is 10.0. The van der Waals surface area contributed by atoms with Crippen molar-refractivity contribution in [3.8, 4) is 0 Å². The van der Waals surface area contributed by atoms with Crippen LogP contribution in [0.25, 0.3) is 0 Å². The van der Waals surface area contributed by atoms with E-state index in [0.29, 0.717) is 17.6 Å². The van der Waals surface area contributed by atoms with E-state index in [2.05, 4.69) is 11.8 Å². The number of hydrogen-bond donors (Lipinski definition) is 0. The first kappa shape index (κ1) is 13.5. The van der Waals surface area contributed by atoms with Gasteiger partial charge in [0, 0.05) is 35.1 Å². The van der Waals surface area contributed by atoms with Gasteiger partial charge in [0.05, 0.1) is 6.54 Å². The van der Waals surface area contributed by atoms with Crippen LogP contribution in [-0.2, 0) is 4.79 Å². The Morgan fingerprint density at radius 3 is 2.65 bits per heavy atom. The van der Waals surface area contributed by atoms with Gasteiger partial charge in [0.25, 0.3) is 5.91 Å². The van der Waals surface area contributed by atoms with Crippen molar-refractivity contribution in [1.29, 1.82) is 0 Å². The summed E-state index contributed by atoms with van der Waals surface area (Å²) in [5.41, 5.74) is 2.06. The fourth-order valence-electron chi connectivity index (χ4n) is 3.04. The Hall–Kier alpha value is -1.48. The van der Waals surface area contributed by atoms with Crippen molar-refractivity contribution in [3.05, 3.63) is 41.1 Å². The molecule has 0 bridgehead atoms. The van der Waals surface area contributed by atoms with E-state index < -0.39 is 0 Å². The molecule has 3 nitrogen and oxygen atoms in total. The Bertz CT molecular complexity index is 538. The van der Waals surface area contributed by atoms with Gasteiger partial charge in [-0.25, -0.2) is 0 Å². The number of rotatable bonds is 2. The van der Waals surface area contributed by atoms with Crippen LogP contribution in [0.1, 0.15) is 26.2 Å². The molecule has 1 unspecified atom stereocenters. The first-order valence-electron chi connectivity index (χ1n) is 7.19. The van der Waals surface area contributed by atoms with Crippen molar-refractivity contribution >= 4 is 23.2 Å². The molecule has 1 saturated heterocycles. The molecule has 2 heterocycles. The van der Waals surface area contributed by atoms with Crippen LogP contribution in [0.5, 0.6) is 0 Å². The zero-order valence-electron chi connectivity index (χ0n) is 11.7. The van der Waals surface area contributed by atoms with Crippen LogP contribution in [-0.4, -0.2) is 29.9 Å². The average molecular weight is 291 g/mol. The van der Waals surface area contributed by atoms with Crippen molar-refractivity contribution in [3.63, 3.8) is 0 Å². The third kappa shape index (κ3) is 2.55. The van der Waals surface area contributed by atoms with Crippen LogP contribution in [0.2, 0.25) is 5.02 Å². The summed E-state index contributed by atoms with van der Waals surface area (Å²) >= 11 is 5.90. The maximum absolute atomic E-state index is 12.2. The largest absolute Gasteiger partial charge is 0.370 e. The SMILES string of the molecule is CC1CCCCN1C1=CC(=O)N(c2ccc(Cl)cc2)C1. The topological polar surface area (TPSA) is 23.6 Å². The summed E-state index contributed by atoms with van der Waals surface area (Å²) in [5.74, 6) is 0.0695. The maximum Gasteiger partial charge on any atom is 0.253 e. The first-order valence-corrected chi connectivity index (χ1v) is 7.57. The molecule has 2 aliphatic rings. The van der Waals surface area contributed by atoms with E-state index >= 15 is 0 Å². The summed E-state index contributed by atoms with van der Waals surface area (Å²) in [4.78, 5) is 16.4. The molecule has 0 radical (unpaired) electrons. The summed E-state index contributed by atoms with van der Waals surface area (Å²) in [6.45, 7) is 3.98. The predicted molar refractivity (Wildman–Crippen MR) is 81.9 cm³/mol. The molecule has 1 aromatic carbocycles. The minimum absolute atomic E-state index is 0.0695. The van der Waals surface area contributed by atoms with Gasteiger partial charge < -0.3 is 9.80 Å². The molecular weight excluding hydrogens is 272 g/mol. The summed E-state index contributed by atoms with van der Waals surface area (Å²) < 4.78 is 0. The first-order chi connectivity index (χ1) is 9.65.